The van der Waals surface area contributed by atoms with Crippen LogP contribution in [0.2, 0.25) is 0 Å². The second-order valence-corrected chi connectivity index (χ2v) is 10.3. The molecule has 0 saturated heterocycles. The van der Waals surface area contributed by atoms with Gasteiger partial charge in [-0.1, -0.05) is 54.6 Å². The molecule has 2 aliphatic heterocycles. The van der Waals surface area contributed by atoms with Crippen LogP contribution >= 0.6 is 0 Å². The highest BCUT2D eigenvalue weighted by atomic mass is 32.2. The Hall–Kier alpha value is -2.87. The molecule has 7 heteroatoms. The van der Waals surface area contributed by atoms with E-state index in [4.69, 9.17) is 9.47 Å². The number of fused-ring (bicyclic) bond motifs is 2. The Bertz CT molecular complexity index is 1260. The first kappa shape index (κ1) is 21.9. The largest absolute Gasteiger partial charge is 0.493 e. The normalized spacial score (nSPS) is 18.9. The highest BCUT2D eigenvalue weighted by Crippen LogP contribution is 2.42. The lowest BCUT2D eigenvalue weighted by Gasteiger charge is -2.40. The summed E-state index contributed by atoms with van der Waals surface area (Å²) in [6.07, 6.45) is 1.34. The Balaban J connectivity index is 1.59. The summed E-state index contributed by atoms with van der Waals surface area (Å²) < 4.78 is 42.4. The summed E-state index contributed by atoms with van der Waals surface area (Å²) in [5.74, 6) is 1.26. The molecule has 0 spiro atoms. The van der Waals surface area contributed by atoms with E-state index < -0.39 is 16.3 Å². The predicted molar refractivity (Wildman–Crippen MR) is 128 cm³/mol. The maximum absolute atomic E-state index is 14.0. The lowest BCUT2D eigenvalue weighted by molar-refractivity contribution is 0.287. The standard InChI is InChI=1S/C26H28N2O4S/c1-31-24-16-21-13-15-28(26(20-9-4-3-5-10-20)23(21)17-25(24)32-2)33(29,30)27-14-12-19-8-6-7-11-22(19)18-27/h3-11,16-17,26H,12-15,18H2,1-2H3/t26-/m0/s1. The number of hydrogen-bond acceptors (Lipinski definition) is 4. The van der Waals surface area contributed by atoms with Crippen molar-refractivity contribution in [2.24, 2.45) is 0 Å². The minimum Gasteiger partial charge on any atom is -0.493 e. The zero-order valence-electron chi connectivity index (χ0n) is 18.9. The number of benzene rings is 3. The average Bonchev–Trinajstić information content (AvgIpc) is 2.87. The van der Waals surface area contributed by atoms with Gasteiger partial charge in [-0.3, -0.25) is 0 Å². The van der Waals surface area contributed by atoms with Crippen molar-refractivity contribution >= 4 is 10.2 Å². The SMILES string of the molecule is COc1cc2c(cc1OC)[C@H](c1ccccc1)N(S(=O)(=O)N1CCc3ccccc3C1)CC2. The molecule has 0 aliphatic carbocycles. The topological polar surface area (TPSA) is 59.1 Å². The third kappa shape index (κ3) is 3.90. The van der Waals surface area contributed by atoms with Crippen molar-refractivity contribution in [3.05, 3.63) is 94.5 Å². The van der Waals surface area contributed by atoms with Gasteiger partial charge < -0.3 is 9.47 Å². The van der Waals surface area contributed by atoms with Gasteiger partial charge in [-0.2, -0.15) is 17.0 Å². The molecule has 0 bridgehead atoms. The van der Waals surface area contributed by atoms with E-state index in [-0.39, 0.29) is 0 Å². The van der Waals surface area contributed by atoms with Gasteiger partial charge in [0.1, 0.15) is 0 Å². The average molecular weight is 465 g/mol. The zero-order chi connectivity index (χ0) is 23.0. The molecular weight excluding hydrogens is 436 g/mol. The molecule has 33 heavy (non-hydrogen) atoms. The summed E-state index contributed by atoms with van der Waals surface area (Å²) in [5.41, 5.74) is 5.26. The Morgan fingerprint density at radius 2 is 1.42 bits per heavy atom. The van der Waals surface area contributed by atoms with Gasteiger partial charge in [0.25, 0.3) is 10.2 Å². The summed E-state index contributed by atoms with van der Waals surface area (Å²) >= 11 is 0. The van der Waals surface area contributed by atoms with Gasteiger partial charge in [0.05, 0.1) is 20.3 Å². The lowest BCUT2D eigenvalue weighted by atomic mass is 9.89. The second-order valence-electron chi connectivity index (χ2n) is 8.44. The van der Waals surface area contributed by atoms with Crippen molar-refractivity contribution < 1.29 is 17.9 Å². The monoisotopic (exact) mass is 464 g/mol. The quantitative estimate of drug-likeness (QED) is 0.574. The van der Waals surface area contributed by atoms with Crippen molar-refractivity contribution in [3.63, 3.8) is 0 Å². The van der Waals surface area contributed by atoms with Crippen LogP contribution in [0.3, 0.4) is 0 Å². The minimum atomic E-state index is -3.71. The molecule has 2 aliphatic rings. The first-order valence-corrected chi connectivity index (χ1v) is 12.6. The minimum absolute atomic E-state index is 0.398. The van der Waals surface area contributed by atoms with Crippen LogP contribution in [0.5, 0.6) is 11.5 Å². The smallest absolute Gasteiger partial charge is 0.283 e. The maximum atomic E-state index is 14.0. The number of hydrogen-bond donors (Lipinski definition) is 0. The highest BCUT2D eigenvalue weighted by molar-refractivity contribution is 7.86. The van der Waals surface area contributed by atoms with Crippen LogP contribution in [0.4, 0.5) is 0 Å². The van der Waals surface area contributed by atoms with Crippen molar-refractivity contribution in [1.82, 2.24) is 8.61 Å². The van der Waals surface area contributed by atoms with Gasteiger partial charge in [-0.05, 0) is 52.8 Å². The lowest BCUT2D eigenvalue weighted by Crippen LogP contribution is -2.49. The third-order valence-corrected chi connectivity index (χ3v) is 8.61. The fourth-order valence-corrected chi connectivity index (χ4v) is 6.71. The molecule has 3 aromatic rings. The molecule has 0 unspecified atom stereocenters. The zero-order valence-corrected chi connectivity index (χ0v) is 19.7. The first-order chi connectivity index (χ1) is 16.0. The molecule has 0 amide bonds. The molecule has 3 aromatic carbocycles. The number of rotatable bonds is 5. The summed E-state index contributed by atoms with van der Waals surface area (Å²) in [4.78, 5) is 0. The van der Waals surface area contributed by atoms with Gasteiger partial charge >= 0.3 is 0 Å². The van der Waals surface area contributed by atoms with Crippen molar-refractivity contribution in [2.75, 3.05) is 27.3 Å². The molecular formula is C26H28N2O4S. The van der Waals surface area contributed by atoms with E-state index in [1.165, 1.54) is 5.56 Å². The van der Waals surface area contributed by atoms with Crippen LogP contribution < -0.4 is 9.47 Å². The predicted octanol–water partition coefficient (Wildman–Crippen LogP) is 3.95. The molecule has 6 nitrogen and oxygen atoms in total. The van der Waals surface area contributed by atoms with Crippen LogP contribution in [0.15, 0.2) is 66.7 Å². The van der Waals surface area contributed by atoms with Crippen LogP contribution in [-0.2, 0) is 29.6 Å². The Kier molecular flexibility index (Phi) is 5.86. The highest BCUT2D eigenvalue weighted by Gasteiger charge is 2.41. The molecule has 0 N–H and O–H groups in total. The van der Waals surface area contributed by atoms with Crippen LogP contribution in [0, 0.1) is 0 Å². The summed E-state index contributed by atoms with van der Waals surface area (Å²) in [5, 5.41) is 0. The van der Waals surface area contributed by atoms with E-state index >= 15 is 0 Å². The molecule has 0 saturated carbocycles. The first-order valence-electron chi connectivity index (χ1n) is 11.2. The van der Waals surface area contributed by atoms with Crippen LogP contribution in [-0.4, -0.2) is 44.3 Å². The molecule has 0 radical (unpaired) electrons. The number of ether oxygens (including phenoxy) is 2. The second kappa shape index (κ2) is 8.82. The Labute approximate surface area is 195 Å². The van der Waals surface area contributed by atoms with E-state index in [2.05, 4.69) is 6.07 Å². The van der Waals surface area contributed by atoms with Crippen molar-refractivity contribution in [2.45, 2.75) is 25.4 Å². The number of nitrogens with zero attached hydrogens (tertiary/aromatic N) is 2. The fraction of sp³-hybridized carbons (Fsp3) is 0.308. The molecule has 0 fully saturated rings. The molecule has 0 aromatic heterocycles. The Morgan fingerprint density at radius 1 is 0.788 bits per heavy atom. The summed E-state index contributed by atoms with van der Waals surface area (Å²) in [6, 6.07) is 21.4. The molecule has 5 rings (SSSR count). The van der Waals surface area contributed by atoms with Gasteiger partial charge in [-0.25, -0.2) is 0 Å². The van der Waals surface area contributed by atoms with E-state index in [0.717, 1.165) is 28.7 Å². The van der Waals surface area contributed by atoms with E-state index in [1.54, 1.807) is 22.8 Å². The Morgan fingerprint density at radius 3 is 2.15 bits per heavy atom. The fourth-order valence-electron chi connectivity index (χ4n) is 4.97. The van der Waals surface area contributed by atoms with Gasteiger partial charge in [0.15, 0.2) is 11.5 Å². The van der Waals surface area contributed by atoms with E-state index in [0.29, 0.717) is 37.6 Å². The summed E-state index contributed by atoms with van der Waals surface area (Å²) in [7, 11) is -0.489. The molecule has 2 heterocycles. The van der Waals surface area contributed by atoms with Crippen LogP contribution in [0.25, 0.3) is 0 Å². The van der Waals surface area contributed by atoms with Crippen molar-refractivity contribution in [3.8, 4) is 11.5 Å². The van der Waals surface area contributed by atoms with E-state index in [9.17, 15) is 8.42 Å². The summed E-state index contributed by atoms with van der Waals surface area (Å²) in [6.45, 7) is 1.29. The maximum Gasteiger partial charge on any atom is 0.283 e. The third-order valence-electron chi connectivity index (χ3n) is 6.66. The van der Waals surface area contributed by atoms with Gasteiger partial charge in [-0.15, -0.1) is 0 Å². The van der Waals surface area contributed by atoms with Gasteiger partial charge in [0, 0.05) is 19.6 Å². The number of methoxy groups -OCH3 is 2. The van der Waals surface area contributed by atoms with Crippen LogP contribution in [0.1, 0.15) is 33.9 Å². The van der Waals surface area contributed by atoms with Gasteiger partial charge in [0.2, 0.25) is 0 Å². The van der Waals surface area contributed by atoms with Crippen molar-refractivity contribution in [1.29, 1.82) is 0 Å². The molecule has 172 valence electrons. The van der Waals surface area contributed by atoms with E-state index in [1.807, 2.05) is 60.7 Å². The molecule has 1 atom stereocenters.